The average molecular weight is 407 g/mol. The number of nitrogens with zero attached hydrogens (tertiary/aromatic N) is 2. The fourth-order valence-electron chi connectivity index (χ4n) is 2.50. The Hall–Kier alpha value is -0.300. The van der Waals surface area contributed by atoms with Gasteiger partial charge in [-0.2, -0.15) is 0 Å². The van der Waals surface area contributed by atoms with E-state index in [1.165, 1.54) is 16.2 Å². The molecule has 2 rings (SSSR count). The predicted octanol–water partition coefficient (Wildman–Crippen LogP) is 3.74. The van der Waals surface area contributed by atoms with Gasteiger partial charge in [0.2, 0.25) is 0 Å². The van der Waals surface area contributed by atoms with Gasteiger partial charge in [0.05, 0.1) is 6.54 Å². The van der Waals surface area contributed by atoms with Crippen LogP contribution < -0.4 is 5.32 Å². The van der Waals surface area contributed by atoms with Crippen molar-refractivity contribution in [3.8, 4) is 0 Å². The number of aliphatic imine (C=N–C) groups is 1. The highest BCUT2D eigenvalue weighted by Gasteiger charge is 2.30. The normalized spacial score (nSPS) is 18.0. The van der Waals surface area contributed by atoms with Crippen LogP contribution in [0.25, 0.3) is 0 Å². The number of rotatable bonds is 3. The summed E-state index contributed by atoms with van der Waals surface area (Å²) < 4.78 is 0. The molecular weight excluding hydrogens is 381 g/mol. The largest absolute Gasteiger partial charge is 0.351 e. The first-order chi connectivity index (χ1) is 9.04. The SMILES string of the molecule is CCc1ccc(CNC(=NC)N2CCC(C)(C)C2)s1.I. The molecule has 0 saturated carbocycles. The summed E-state index contributed by atoms with van der Waals surface area (Å²) in [5, 5.41) is 3.49. The van der Waals surface area contributed by atoms with Crippen LogP contribution in [-0.2, 0) is 13.0 Å². The lowest BCUT2D eigenvalue weighted by molar-refractivity contribution is 0.370. The van der Waals surface area contributed by atoms with Gasteiger partial charge in [-0.3, -0.25) is 4.99 Å². The van der Waals surface area contributed by atoms with Crippen LogP contribution in [0.3, 0.4) is 0 Å². The molecule has 0 amide bonds. The molecule has 3 nitrogen and oxygen atoms in total. The molecule has 0 aliphatic carbocycles. The van der Waals surface area contributed by atoms with Gasteiger partial charge in [-0.1, -0.05) is 20.8 Å². The number of halogens is 1. The van der Waals surface area contributed by atoms with E-state index >= 15 is 0 Å². The number of nitrogens with one attached hydrogen (secondary N) is 1. The molecule has 0 spiro atoms. The predicted molar refractivity (Wildman–Crippen MR) is 99.3 cm³/mol. The molecule has 1 fully saturated rings. The van der Waals surface area contributed by atoms with Gasteiger partial charge in [-0.15, -0.1) is 35.3 Å². The molecule has 0 aromatic carbocycles. The lowest BCUT2D eigenvalue weighted by atomic mass is 9.93. The van der Waals surface area contributed by atoms with Gasteiger partial charge >= 0.3 is 0 Å². The van der Waals surface area contributed by atoms with Crippen molar-refractivity contribution in [2.75, 3.05) is 20.1 Å². The van der Waals surface area contributed by atoms with Crippen molar-refractivity contribution in [2.24, 2.45) is 10.4 Å². The Morgan fingerprint density at radius 2 is 2.10 bits per heavy atom. The third kappa shape index (κ3) is 4.62. The second-order valence-corrected chi connectivity index (χ2v) is 7.21. The van der Waals surface area contributed by atoms with E-state index in [1.54, 1.807) is 0 Å². The molecule has 1 aromatic heterocycles. The summed E-state index contributed by atoms with van der Waals surface area (Å²) in [6.07, 6.45) is 2.37. The molecule has 20 heavy (non-hydrogen) atoms. The smallest absolute Gasteiger partial charge is 0.193 e. The summed E-state index contributed by atoms with van der Waals surface area (Å²) in [6.45, 7) is 9.94. The number of thiophene rings is 1. The molecule has 114 valence electrons. The molecule has 1 aliphatic heterocycles. The Bertz CT molecular complexity index is 454. The van der Waals surface area contributed by atoms with Gasteiger partial charge in [0.1, 0.15) is 0 Å². The Morgan fingerprint density at radius 1 is 1.40 bits per heavy atom. The minimum Gasteiger partial charge on any atom is -0.351 e. The monoisotopic (exact) mass is 407 g/mol. The second-order valence-electron chi connectivity index (χ2n) is 5.96. The summed E-state index contributed by atoms with van der Waals surface area (Å²) in [4.78, 5) is 9.62. The van der Waals surface area contributed by atoms with Gasteiger partial charge in [0, 0.05) is 29.9 Å². The topological polar surface area (TPSA) is 27.6 Å². The van der Waals surface area contributed by atoms with Crippen molar-refractivity contribution in [1.82, 2.24) is 10.2 Å². The first kappa shape index (κ1) is 17.8. The molecule has 1 saturated heterocycles. The van der Waals surface area contributed by atoms with Gasteiger partial charge in [-0.05, 0) is 30.4 Å². The fraction of sp³-hybridized carbons (Fsp3) is 0.667. The highest BCUT2D eigenvalue weighted by molar-refractivity contribution is 14.0. The average Bonchev–Trinajstić information content (AvgIpc) is 2.97. The zero-order valence-electron chi connectivity index (χ0n) is 12.9. The Balaban J connectivity index is 0.00000200. The van der Waals surface area contributed by atoms with Crippen LogP contribution in [0, 0.1) is 5.41 Å². The molecule has 2 heterocycles. The maximum atomic E-state index is 4.41. The van der Waals surface area contributed by atoms with Crippen LogP contribution in [0.5, 0.6) is 0 Å². The van der Waals surface area contributed by atoms with Crippen LogP contribution in [0.2, 0.25) is 0 Å². The molecule has 0 unspecified atom stereocenters. The third-order valence-electron chi connectivity index (χ3n) is 3.68. The van der Waals surface area contributed by atoms with E-state index in [0.717, 1.165) is 32.0 Å². The molecule has 1 aliphatic rings. The van der Waals surface area contributed by atoms with E-state index in [9.17, 15) is 0 Å². The summed E-state index contributed by atoms with van der Waals surface area (Å²) in [6, 6.07) is 4.45. The minimum absolute atomic E-state index is 0. The lowest BCUT2D eigenvalue weighted by Crippen LogP contribution is -2.40. The second kappa shape index (κ2) is 7.64. The molecule has 0 atom stereocenters. The van der Waals surface area contributed by atoms with Crippen LogP contribution in [0.1, 0.15) is 36.9 Å². The number of hydrogen-bond donors (Lipinski definition) is 1. The Morgan fingerprint density at radius 3 is 2.60 bits per heavy atom. The summed E-state index contributed by atoms with van der Waals surface area (Å²) in [5.41, 5.74) is 0.413. The minimum atomic E-state index is 0. The van der Waals surface area contributed by atoms with Gasteiger partial charge < -0.3 is 10.2 Å². The van der Waals surface area contributed by atoms with Crippen LogP contribution in [-0.4, -0.2) is 31.0 Å². The molecule has 5 heteroatoms. The standard InChI is InChI=1S/C15H25N3S.HI/c1-5-12-6-7-13(19-12)10-17-14(16-4)18-9-8-15(2,3)11-18;/h6-7H,5,8-11H2,1-4H3,(H,16,17);1H. The van der Waals surface area contributed by atoms with Crippen molar-refractivity contribution < 1.29 is 0 Å². The van der Waals surface area contributed by atoms with Gasteiger partial charge in [0.25, 0.3) is 0 Å². The molecule has 0 radical (unpaired) electrons. The maximum Gasteiger partial charge on any atom is 0.193 e. The zero-order valence-corrected chi connectivity index (χ0v) is 16.0. The highest BCUT2D eigenvalue weighted by atomic mass is 127. The van der Waals surface area contributed by atoms with E-state index in [1.807, 2.05) is 18.4 Å². The van der Waals surface area contributed by atoms with E-state index in [4.69, 9.17) is 0 Å². The van der Waals surface area contributed by atoms with Crippen LogP contribution in [0.4, 0.5) is 0 Å². The molecule has 0 bridgehead atoms. The van der Waals surface area contributed by atoms with Crippen LogP contribution >= 0.6 is 35.3 Å². The number of likely N-dealkylation sites (tertiary alicyclic amines) is 1. The van der Waals surface area contributed by atoms with E-state index < -0.39 is 0 Å². The fourth-order valence-corrected chi connectivity index (χ4v) is 3.40. The van der Waals surface area contributed by atoms with Crippen molar-refractivity contribution >= 4 is 41.3 Å². The molecule has 1 N–H and O–H groups in total. The summed E-state index contributed by atoms with van der Waals surface area (Å²) in [5.74, 6) is 1.04. The summed E-state index contributed by atoms with van der Waals surface area (Å²) in [7, 11) is 1.87. The third-order valence-corrected chi connectivity index (χ3v) is 4.90. The first-order valence-corrected chi connectivity index (χ1v) is 7.89. The van der Waals surface area contributed by atoms with E-state index in [2.05, 4.69) is 48.1 Å². The summed E-state index contributed by atoms with van der Waals surface area (Å²) >= 11 is 1.89. The van der Waals surface area contributed by atoms with Gasteiger partial charge in [-0.25, -0.2) is 0 Å². The van der Waals surface area contributed by atoms with Crippen molar-refractivity contribution in [2.45, 2.75) is 40.2 Å². The maximum absolute atomic E-state index is 4.41. The highest BCUT2D eigenvalue weighted by Crippen LogP contribution is 2.28. The quantitative estimate of drug-likeness (QED) is 0.470. The number of hydrogen-bond acceptors (Lipinski definition) is 2. The molecular formula is C15H26IN3S. The van der Waals surface area contributed by atoms with Gasteiger partial charge in [0.15, 0.2) is 5.96 Å². The Labute approximate surface area is 143 Å². The zero-order chi connectivity index (χ0) is 13.9. The number of guanidine groups is 1. The Kier molecular flexibility index (Phi) is 6.78. The van der Waals surface area contributed by atoms with E-state index in [0.29, 0.717) is 5.41 Å². The number of aryl methyl sites for hydroxylation is 1. The van der Waals surface area contributed by atoms with E-state index in [-0.39, 0.29) is 24.0 Å². The molecule has 1 aromatic rings. The van der Waals surface area contributed by atoms with Crippen molar-refractivity contribution in [3.05, 3.63) is 21.9 Å². The van der Waals surface area contributed by atoms with Crippen molar-refractivity contribution in [1.29, 1.82) is 0 Å². The lowest BCUT2D eigenvalue weighted by Gasteiger charge is -2.23. The van der Waals surface area contributed by atoms with Crippen LogP contribution in [0.15, 0.2) is 17.1 Å². The van der Waals surface area contributed by atoms with Crippen molar-refractivity contribution in [3.63, 3.8) is 0 Å². The first-order valence-electron chi connectivity index (χ1n) is 7.07.